The van der Waals surface area contributed by atoms with Gasteiger partial charge in [0.1, 0.15) is 17.6 Å². The number of rotatable bonds is 4. The number of carbonyl (C=O) groups is 3. The third kappa shape index (κ3) is 7.05. The summed E-state index contributed by atoms with van der Waals surface area (Å²) < 4.78 is 23.4. The molecule has 3 N–H and O–H groups in total. The maximum Gasteiger partial charge on any atom is 0.258 e. The standard InChI is InChI=1S/C34H41N5O7/c1-43-28-15-24-11-10-23(28)16-35-31(40)13-9-21-8-12-27(29(14-21)44-2)45-20-32(41)37-26-18-39(19-30(26)46-24)34(42)25-17-36-38-33(25)22-6-4-3-5-7-22/h8,10-12,14-15,17,22,26,30H,3-7,9,13,16,18-20H2,1-2H3,(H,35,40)(H,36,38)(H,37,41)/t26-,30-/m1/s1. The van der Waals surface area contributed by atoms with Gasteiger partial charge in [0.2, 0.25) is 5.91 Å². The number of aromatic amines is 1. The Balaban J connectivity index is 1.26. The van der Waals surface area contributed by atoms with E-state index in [0.717, 1.165) is 42.5 Å². The van der Waals surface area contributed by atoms with Crippen molar-refractivity contribution >= 4 is 17.7 Å². The SMILES string of the molecule is COc1cc2ccc1CNC(=O)CCc1ccc(c(OC)c1)OCC(=O)N[C@@H]1CN(C(=O)c3cn[nH]c3C3CCCCC3)C[C@H]1O2. The minimum absolute atomic E-state index is 0.101. The Kier molecular flexibility index (Phi) is 9.60. The molecular formula is C34H41N5O7. The molecule has 1 aliphatic carbocycles. The third-order valence-corrected chi connectivity index (χ3v) is 9.06. The number of amides is 3. The van der Waals surface area contributed by atoms with Crippen LogP contribution in [0.1, 0.15) is 71.6 Å². The van der Waals surface area contributed by atoms with Gasteiger partial charge in [-0.1, -0.05) is 25.3 Å². The van der Waals surface area contributed by atoms with Gasteiger partial charge in [0.15, 0.2) is 18.1 Å². The molecule has 4 bridgehead atoms. The second-order valence-corrected chi connectivity index (χ2v) is 12.1. The van der Waals surface area contributed by atoms with Crippen molar-refractivity contribution in [1.29, 1.82) is 0 Å². The molecule has 1 aromatic heterocycles. The van der Waals surface area contributed by atoms with Gasteiger partial charge in [-0.15, -0.1) is 0 Å². The van der Waals surface area contributed by atoms with E-state index in [2.05, 4.69) is 20.8 Å². The number of methoxy groups -OCH3 is 2. The molecule has 12 heteroatoms. The summed E-state index contributed by atoms with van der Waals surface area (Å²) in [4.78, 5) is 41.5. The molecule has 0 radical (unpaired) electrons. The third-order valence-electron chi connectivity index (χ3n) is 9.06. The Hall–Kier alpha value is -4.74. The van der Waals surface area contributed by atoms with Crippen LogP contribution in [0.4, 0.5) is 0 Å². The molecule has 1 saturated carbocycles. The molecule has 12 nitrogen and oxygen atoms in total. The summed E-state index contributed by atoms with van der Waals surface area (Å²) in [6, 6.07) is 10.3. The van der Waals surface area contributed by atoms with Crippen LogP contribution in [0.25, 0.3) is 0 Å². The van der Waals surface area contributed by atoms with Crippen LogP contribution in [0.2, 0.25) is 0 Å². The molecular weight excluding hydrogens is 590 g/mol. The number of likely N-dealkylation sites (tertiary alicyclic amines) is 1. The Bertz CT molecular complexity index is 1570. The number of aryl methyl sites for hydroxylation is 1. The van der Waals surface area contributed by atoms with Crippen LogP contribution in [-0.4, -0.2) is 78.9 Å². The van der Waals surface area contributed by atoms with Gasteiger partial charge in [-0.05, 0) is 49.1 Å². The van der Waals surface area contributed by atoms with Crippen LogP contribution in [0, 0.1) is 0 Å². The molecule has 9 rings (SSSR count). The molecule has 2 fully saturated rings. The Labute approximate surface area is 268 Å². The lowest BCUT2D eigenvalue weighted by Gasteiger charge is -2.23. The van der Waals surface area contributed by atoms with Gasteiger partial charge in [0.05, 0.1) is 44.3 Å². The number of nitrogens with one attached hydrogen (secondary N) is 3. The lowest BCUT2D eigenvalue weighted by molar-refractivity contribution is -0.124. The minimum Gasteiger partial charge on any atom is -0.496 e. The quantitative estimate of drug-likeness (QED) is 0.397. The Morgan fingerprint density at radius 1 is 0.957 bits per heavy atom. The van der Waals surface area contributed by atoms with E-state index >= 15 is 0 Å². The van der Waals surface area contributed by atoms with E-state index in [-0.39, 0.29) is 56.3 Å². The van der Waals surface area contributed by atoms with Crippen molar-refractivity contribution in [3.63, 3.8) is 0 Å². The highest BCUT2D eigenvalue weighted by atomic mass is 16.5. The molecule has 3 aromatic rings. The maximum atomic E-state index is 13.9. The van der Waals surface area contributed by atoms with E-state index in [1.54, 1.807) is 36.4 Å². The van der Waals surface area contributed by atoms with Crippen LogP contribution < -0.4 is 29.6 Å². The van der Waals surface area contributed by atoms with Crippen LogP contribution >= 0.6 is 0 Å². The van der Waals surface area contributed by atoms with Crippen LogP contribution in [0.15, 0.2) is 42.6 Å². The Morgan fingerprint density at radius 2 is 1.78 bits per heavy atom. The zero-order valence-electron chi connectivity index (χ0n) is 26.3. The topological polar surface area (TPSA) is 144 Å². The summed E-state index contributed by atoms with van der Waals surface area (Å²) >= 11 is 0. The molecule has 5 aliphatic heterocycles. The summed E-state index contributed by atoms with van der Waals surface area (Å²) in [6.45, 7) is 0.543. The van der Waals surface area contributed by atoms with E-state index in [1.165, 1.54) is 13.5 Å². The first-order valence-corrected chi connectivity index (χ1v) is 15.9. The number of ether oxygens (including phenoxy) is 4. The number of hydrogen-bond donors (Lipinski definition) is 3. The average molecular weight is 632 g/mol. The molecule has 0 unspecified atom stereocenters. The number of H-pyrrole nitrogens is 1. The zero-order valence-corrected chi connectivity index (χ0v) is 26.3. The van der Waals surface area contributed by atoms with Crippen LogP contribution in [-0.2, 0) is 22.6 Å². The molecule has 46 heavy (non-hydrogen) atoms. The minimum atomic E-state index is -0.549. The van der Waals surface area contributed by atoms with Crippen molar-refractivity contribution in [1.82, 2.24) is 25.7 Å². The lowest BCUT2D eigenvalue weighted by Crippen LogP contribution is -2.46. The number of carbonyl (C=O) groups excluding carboxylic acids is 3. The molecule has 6 aliphatic rings. The predicted octanol–water partition coefficient (Wildman–Crippen LogP) is 3.50. The van der Waals surface area contributed by atoms with Gasteiger partial charge in [0.25, 0.3) is 11.8 Å². The zero-order chi connectivity index (χ0) is 32.0. The van der Waals surface area contributed by atoms with E-state index in [4.69, 9.17) is 18.9 Å². The highest BCUT2D eigenvalue weighted by Crippen LogP contribution is 2.34. The van der Waals surface area contributed by atoms with Crippen molar-refractivity contribution in [2.24, 2.45) is 0 Å². The first kappa shape index (κ1) is 31.3. The molecule has 2 atom stereocenters. The van der Waals surface area contributed by atoms with Crippen molar-refractivity contribution in [3.8, 4) is 23.0 Å². The Morgan fingerprint density at radius 3 is 2.59 bits per heavy atom. The van der Waals surface area contributed by atoms with Crippen molar-refractivity contribution in [2.75, 3.05) is 33.9 Å². The average Bonchev–Trinajstić information content (AvgIpc) is 3.73. The largest absolute Gasteiger partial charge is 0.496 e. The van der Waals surface area contributed by atoms with Crippen LogP contribution in [0.3, 0.4) is 0 Å². The van der Waals surface area contributed by atoms with Crippen molar-refractivity contribution < 1.29 is 33.3 Å². The number of aromatic nitrogens is 2. The lowest BCUT2D eigenvalue weighted by atomic mass is 9.85. The maximum absolute atomic E-state index is 13.9. The van der Waals surface area contributed by atoms with E-state index in [9.17, 15) is 14.4 Å². The molecule has 244 valence electrons. The van der Waals surface area contributed by atoms with Gasteiger partial charge in [-0.2, -0.15) is 5.10 Å². The first-order valence-electron chi connectivity index (χ1n) is 15.9. The second-order valence-electron chi connectivity index (χ2n) is 12.1. The van der Waals surface area contributed by atoms with Crippen LogP contribution in [0.5, 0.6) is 23.0 Å². The van der Waals surface area contributed by atoms with Crippen molar-refractivity contribution in [2.45, 2.75) is 69.6 Å². The summed E-state index contributed by atoms with van der Waals surface area (Å²) in [5, 5.41) is 13.3. The highest BCUT2D eigenvalue weighted by Gasteiger charge is 2.39. The second kappa shape index (κ2) is 14.1. The molecule has 2 aromatic carbocycles. The predicted molar refractivity (Wildman–Crippen MR) is 168 cm³/mol. The molecule has 1 saturated heterocycles. The number of benzene rings is 2. The number of hydrogen-bond acceptors (Lipinski definition) is 8. The number of nitrogens with zero attached hydrogens (tertiary/aromatic N) is 2. The first-order chi connectivity index (χ1) is 22.4. The van der Waals surface area contributed by atoms with E-state index in [1.807, 2.05) is 18.2 Å². The highest BCUT2D eigenvalue weighted by molar-refractivity contribution is 5.95. The van der Waals surface area contributed by atoms with Gasteiger partial charge in [-0.3, -0.25) is 19.5 Å². The van der Waals surface area contributed by atoms with Gasteiger partial charge in [0, 0.05) is 37.1 Å². The van der Waals surface area contributed by atoms with Crippen molar-refractivity contribution in [3.05, 3.63) is 65.0 Å². The normalized spacial score (nSPS) is 21.0. The molecule has 6 heterocycles. The van der Waals surface area contributed by atoms with Gasteiger partial charge >= 0.3 is 0 Å². The van der Waals surface area contributed by atoms with E-state index < -0.39 is 12.1 Å². The fraction of sp³-hybridized carbons (Fsp3) is 0.471. The summed E-state index contributed by atoms with van der Waals surface area (Å²) in [7, 11) is 3.09. The molecule has 3 amide bonds. The fourth-order valence-electron chi connectivity index (χ4n) is 6.57. The smallest absolute Gasteiger partial charge is 0.258 e. The summed E-state index contributed by atoms with van der Waals surface area (Å²) in [5.41, 5.74) is 3.16. The van der Waals surface area contributed by atoms with Gasteiger partial charge < -0.3 is 34.5 Å². The fourth-order valence-corrected chi connectivity index (χ4v) is 6.57. The van der Waals surface area contributed by atoms with E-state index in [0.29, 0.717) is 35.0 Å². The van der Waals surface area contributed by atoms with Gasteiger partial charge in [-0.25, -0.2) is 0 Å². The monoisotopic (exact) mass is 631 g/mol. The summed E-state index contributed by atoms with van der Waals surface area (Å²) in [5.74, 6) is 1.64. The summed E-state index contributed by atoms with van der Waals surface area (Å²) in [6.07, 6.45) is 7.40. The molecule has 0 spiro atoms.